The normalized spacial score (nSPS) is 11.3. The van der Waals surface area contributed by atoms with Crippen LogP contribution in [0.3, 0.4) is 0 Å². The van der Waals surface area contributed by atoms with Crippen molar-refractivity contribution in [2.75, 3.05) is 7.11 Å². The summed E-state index contributed by atoms with van der Waals surface area (Å²) in [5.41, 5.74) is 2.12. The summed E-state index contributed by atoms with van der Waals surface area (Å²) in [6, 6.07) is 21.2. The third-order valence-electron chi connectivity index (χ3n) is 5.25. The Hall–Kier alpha value is -3.58. The van der Waals surface area contributed by atoms with Crippen LogP contribution >= 0.6 is 11.8 Å². The molecule has 6 nitrogen and oxygen atoms in total. The molecule has 5 rings (SSSR count). The first kappa shape index (κ1) is 19.4. The number of benzene rings is 3. The van der Waals surface area contributed by atoms with E-state index >= 15 is 0 Å². The van der Waals surface area contributed by atoms with Gasteiger partial charge < -0.3 is 13.7 Å². The predicted molar refractivity (Wildman–Crippen MR) is 123 cm³/mol. The van der Waals surface area contributed by atoms with Crippen LogP contribution in [-0.4, -0.2) is 21.9 Å². The highest BCUT2D eigenvalue weighted by atomic mass is 32.2. The van der Waals surface area contributed by atoms with Crippen LogP contribution in [0.15, 0.2) is 81.1 Å². The molecule has 0 radical (unpaired) electrons. The van der Waals surface area contributed by atoms with Crippen LogP contribution < -0.4 is 10.4 Å². The Labute approximate surface area is 182 Å². The summed E-state index contributed by atoms with van der Waals surface area (Å²) in [5, 5.41) is 12.6. The summed E-state index contributed by atoms with van der Waals surface area (Å²) in [6.45, 7) is 0. The highest BCUT2D eigenvalue weighted by Gasteiger charge is 2.14. The number of fused-ring (bicyclic) bond motifs is 3. The third kappa shape index (κ3) is 3.57. The van der Waals surface area contributed by atoms with Crippen molar-refractivity contribution in [2.24, 2.45) is 7.05 Å². The molecule has 0 saturated heterocycles. The number of hydrogen-bond acceptors (Lipinski definition) is 6. The minimum absolute atomic E-state index is 0.352. The minimum Gasteiger partial charge on any atom is -0.497 e. The standard InChI is InChI=1S/C24H19N3O3S/c1-27-23(16-7-10-18(29-2)11-8-16)25-26-24(27)31-14-17-13-21(28)30-20-12-9-15-5-3-4-6-19(15)22(17)20/h3-13H,14H2,1-2H3. The van der Waals surface area contributed by atoms with E-state index in [1.807, 2.05) is 60.1 Å². The molecule has 0 bridgehead atoms. The molecule has 154 valence electrons. The molecule has 3 aromatic carbocycles. The van der Waals surface area contributed by atoms with E-state index in [0.29, 0.717) is 11.3 Å². The number of rotatable bonds is 5. The first-order valence-corrected chi connectivity index (χ1v) is 10.7. The van der Waals surface area contributed by atoms with E-state index in [-0.39, 0.29) is 5.63 Å². The van der Waals surface area contributed by atoms with Crippen LogP contribution in [0.2, 0.25) is 0 Å². The molecule has 0 aliphatic carbocycles. The van der Waals surface area contributed by atoms with Gasteiger partial charge in [-0.25, -0.2) is 4.79 Å². The van der Waals surface area contributed by atoms with Crippen LogP contribution in [-0.2, 0) is 12.8 Å². The quantitative estimate of drug-likeness (QED) is 0.221. The van der Waals surface area contributed by atoms with Crippen LogP contribution in [0.5, 0.6) is 5.75 Å². The molecule has 0 aliphatic heterocycles. The molecule has 0 unspecified atom stereocenters. The van der Waals surface area contributed by atoms with Gasteiger partial charge in [0.2, 0.25) is 0 Å². The van der Waals surface area contributed by atoms with Gasteiger partial charge in [0.15, 0.2) is 11.0 Å². The van der Waals surface area contributed by atoms with Crippen LogP contribution in [0.4, 0.5) is 0 Å². The monoisotopic (exact) mass is 429 g/mol. The summed E-state index contributed by atoms with van der Waals surface area (Å²) >= 11 is 1.54. The maximum atomic E-state index is 12.1. The number of thioether (sulfide) groups is 1. The molecular weight excluding hydrogens is 410 g/mol. The lowest BCUT2D eigenvalue weighted by Crippen LogP contribution is -2.01. The van der Waals surface area contributed by atoms with Gasteiger partial charge >= 0.3 is 5.63 Å². The van der Waals surface area contributed by atoms with Gasteiger partial charge in [-0.1, -0.05) is 42.1 Å². The van der Waals surface area contributed by atoms with Gasteiger partial charge in [0, 0.05) is 29.8 Å². The Kier molecular flexibility index (Phi) is 4.95. The van der Waals surface area contributed by atoms with Crippen LogP contribution in [0, 0.1) is 0 Å². The van der Waals surface area contributed by atoms with Crippen molar-refractivity contribution in [3.63, 3.8) is 0 Å². The van der Waals surface area contributed by atoms with Gasteiger partial charge in [-0.2, -0.15) is 0 Å². The number of ether oxygens (including phenoxy) is 1. The van der Waals surface area contributed by atoms with E-state index in [1.165, 1.54) is 11.8 Å². The molecule has 31 heavy (non-hydrogen) atoms. The smallest absolute Gasteiger partial charge is 0.336 e. The summed E-state index contributed by atoms with van der Waals surface area (Å²) in [4.78, 5) is 12.1. The van der Waals surface area contributed by atoms with Crippen LogP contribution in [0.25, 0.3) is 33.1 Å². The minimum atomic E-state index is -0.352. The Morgan fingerprint density at radius 3 is 2.65 bits per heavy atom. The predicted octanol–water partition coefficient (Wildman–Crippen LogP) is 5.04. The molecule has 0 amide bonds. The van der Waals surface area contributed by atoms with Gasteiger partial charge in [0.25, 0.3) is 0 Å². The van der Waals surface area contributed by atoms with E-state index in [4.69, 9.17) is 9.15 Å². The number of aromatic nitrogens is 3. The molecule has 0 aliphatic rings. The molecule has 7 heteroatoms. The van der Waals surface area contributed by atoms with Crippen molar-refractivity contribution in [1.29, 1.82) is 0 Å². The fourth-order valence-electron chi connectivity index (χ4n) is 3.71. The highest BCUT2D eigenvalue weighted by molar-refractivity contribution is 7.98. The van der Waals surface area contributed by atoms with E-state index in [1.54, 1.807) is 13.2 Å². The Bertz CT molecular complexity index is 1460. The largest absolute Gasteiger partial charge is 0.497 e. The lowest BCUT2D eigenvalue weighted by atomic mass is 10.0. The fourth-order valence-corrected chi connectivity index (χ4v) is 4.60. The van der Waals surface area contributed by atoms with Crippen LogP contribution in [0.1, 0.15) is 5.56 Å². The summed E-state index contributed by atoms with van der Waals surface area (Å²) in [7, 11) is 3.58. The van der Waals surface area contributed by atoms with Gasteiger partial charge in [-0.15, -0.1) is 10.2 Å². The second-order valence-electron chi connectivity index (χ2n) is 7.13. The average Bonchev–Trinajstić information content (AvgIpc) is 3.17. The lowest BCUT2D eigenvalue weighted by molar-refractivity contribution is 0.415. The molecule has 5 aromatic rings. The molecule has 0 saturated carbocycles. The zero-order chi connectivity index (χ0) is 21.4. The second-order valence-corrected chi connectivity index (χ2v) is 8.08. The molecule has 2 heterocycles. The SMILES string of the molecule is COc1ccc(-c2nnc(SCc3cc(=O)oc4ccc5ccccc5c34)n2C)cc1. The number of methoxy groups -OCH3 is 1. The number of nitrogens with zero attached hydrogens (tertiary/aromatic N) is 3. The Balaban J connectivity index is 1.50. The van der Waals surface area contributed by atoms with Crippen molar-refractivity contribution in [3.05, 3.63) is 82.7 Å². The third-order valence-corrected chi connectivity index (χ3v) is 6.32. The maximum Gasteiger partial charge on any atom is 0.336 e. The first-order chi connectivity index (χ1) is 15.1. The van der Waals surface area contributed by atoms with Gasteiger partial charge in [0.05, 0.1) is 7.11 Å². The molecule has 0 fully saturated rings. The van der Waals surface area contributed by atoms with Crippen molar-refractivity contribution < 1.29 is 9.15 Å². The summed E-state index contributed by atoms with van der Waals surface area (Å²) in [6.07, 6.45) is 0. The van der Waals surface area contributed by atoms with Crippen molar-refractivity contribution in [1.82, 2.24) is 14.8 Å². The van der Waals surface area contributed by atoms with Crippen molar-refractivity contribution >= 4 is 33.5 Å². The fraction of sp³-hybridized carbons (Fsp3) is 0.125. The van der Waals surface area contributed by atoms with Crippen molar-refractivity contribution in [3.8, 4) is 17.1 Å². The Morgan fingerprint density at radius 1 is 1.03 bits per heavy atom. The van der Waals surface area contributed by atoms with Gasteiger partial charge in [-0.3, -0.25) is 0 Å². The lowest BCUT2D eigenvalue weighted by Gasteiger charge is -2.09. The molecule has 2 aromatic heterocycles. The topological polar surface area (TPSA) is 70.2 Å². The van der Waals surface area contributed by atoms with Gasteiger partial charge in [0.1, 0.15) is 11.3 Å². The zero-order valence-electron chi connectivity index (χ0n) is 17.0. The van der Waals surface area contributed by atoms with E-state index in [9.17, 15) is 4.79 Å². The number of hydrogen-bond donors (Lipinski definition) is 0. The maximum absolute atomic E-state index is 12.1. The van der Waals surface area contributed by atoms with E-state index in [0.717, 1.165) is 44.0 Å². The Morgan fingerprint density at radius 2 is 1.84 bits per heavy atom. The first-order valence-electron chi connectivity index (χ1n) is 9.75. The molecule has 0 atom stereocenters. The second kappa shape index (κ2) is 7.92. The summed E-state index contributed by atoms with van der Waals surface area (Å²) < 4.78 is 12.6. The highest BCUT2D eigenvalue weighted by Crippen LogP contribution is 2.32. The molecule has 0 N–H and O–H groups in total. The summed E-state index contributed by atoms with van der Waals surface area (Å²) in [5.74, 6) is 2.14. The molecular formula is C24H19N3O3S. The van der Waals surface area contributed by atoms with E-state index in [2.05, 4.69) is 22.3 Å². The van der Waals surface area contributed by atoms with Gasteiger partial charge in [-0.05, 0) is 46.7 Å². The average molecular weight is 430 g/mol. The zero-order valence-corrected chi connectivity index (χ0v) is 17.8. The van der Waals surface area contributed by atoms with E-state index < -0.39 is 0 Å². The molecule has 0 spiro atoms. The van der Waals surface area contributed by atoms with Crippen molar-refractivity contribution in [2.45, 2.75) is 10.9 Å².